The van der Waals surface area contributed by atoms with Gasteiger partial charge in [-0.05, 0) is 12.1 Å². The molecule has 1 aromatic carbocycles. The summed E-state index contributed by atoms with van der Waals surface area (Å²) in [6, 6.07) is 5.09. The van der Waals surface area contributed by atoms with E-state index in [1.54, 1.807) is 6.07 Å². The first kappa shape index (κ1) is 21.2. The molecular weight excluding hydrogens is 456 g/mol. The van der Waals surface area contributed by atoms with E-state index >= 15 is 0 Å². The lowest BCUT2D eigenvalue weighted by Gasteiger charge is -2.27. The van der Waals surface area contributed by atoms with Crippen molar-refractivity contribution < 1.29 is 27.8 Å². The van der Waals surface area contributed by atoms with E-state index in [9.17, 15) is 23.0 Å². The van der Waals surface area contributed by atoms with Crippen LogP contribution >= 0.6 is 34.5 Å². The highest BCUT2D eigenvalue weighted by Crippen LogP contribution is 2.36. The molecule has 8 nitrogen and oxygen atoms in total. The molecule has 2 aromatic rings. The van der Waals surface area contributed by atoms with Crippen molar-refractivity contribution in [2.75, 3.05) is 19.7 Å². The maximum absolute atomic E-state index is 13.8. The molecule has 0 aliphatic carbocycles. The number of β-amino-alcohol motifs (C(OH)–C–C–N with tert-alkyl or cyclic N) is 1. The zero-order valence-electron chi connectivity index (χ0n) is 13.8. The van der Waals surface area contributed by atoms with Crippen LogP contribution in [-0.2, 0) is 10.0 Å². The molecule has 0 spiro atoms. The summed E-state index contributed by atoms with van der Waals surface area (Å²) < 4.78 is 45.4. The van der Waals surface area contributed by atoms with Crippen LogP contribution in [0.3, 0.4) is 0 Å². The van der Waals surface area contributed by atoms with E-state index in [1.807, 2.05) is 0 Å². The van der Waals surface area contributed by atoms with Crippen LogP contribution in [-0.4, -0.2) is 59.3 Å². The number of aliphatic hydroxyl groups is 2. The van der Waals surface area contributed by atoms with Gasteiger partial charge in [0.05, 0.1) is 18.7 Å². The molecule has 13 heteroatoms. The fourth-order valence-electron chi connectivity index (χ4n) is 2.67. The van der Waals surface area contributed by atoms with Gasteiger partial charge in [-0.1, -0.05) is 34.5 Å². The van der Waals surface area contributed by atoms with Crippen LogP contribution in [0.1, 0.15) is 5.56 Å². The maximum Gasteiger partial charge on any atom is 0.256 e. The number of rotatable bonds is 5. The maximum atomic E-state index is 13.8. The Morgan fingerprint density at radius 3 is 2.75 bits per heavy atom. The molecule has 0 radical (unpaired) electrons. The first-order valence-corrected chi connectivity index (χ1v) is 10.6. The molecule has 2 heterocycles. The van der Waals surface area contributed by atoms with Gasteiger partial charge in [0.25, 0.3) is 10.0 Å². The molecule has 1 aliphatic heterocycles. The number of halogens is 3. The minimum Gasteiger partial charge on any atom is -0.486 e. The Kier molecular flexibility index (Phi) is 5.84. The fraction of sp³-hybridized carbons (Fsp3) is 0.333. The van der Waals surface area contributed by atoms with Gasteiger partial charge in [0.2, 0.25) is 0 Å². The van der Waals surface area contributed by atoms with Crippen molar-refractivity contribution in [1.29, 1.82) is 5.26 Å². The van der Waals surface area contributed by atoms with E-state index in [4.69, 9.17) is 33.2 Å². The number of nitrogens with zero attached hydrogens (tertiary/aromatic N) is 3. The molecule has 150 valence electrons. The molecule has 2 N–H and O–H groups in total. The van der Waals surface area contributed by atoms with Crippen LogP contribution in [0.5, 0.6) is 5.75 Å². The predicted molar refractivity (Wildman–Crippen MR) is 98.5 cm³/mol. The Morgan fingerprint density at radius 2 is 2.21 bits per heavy atom. The average molecular weight is 468 g/mol. The van der Waals surface area contributed by atoms with Gasteiger partial charge >= 0.3 is 0 Å². The smallest absolute Gasteiger partial charge is 0.256 e. The molecule has 1 aromatic heterocycles. The molecule has 1 saturated heterocycles. The van der Waals surface area contributed by atoms with Gasteiger partial charge in [-0.2, -0.15) is 9.57 Å². The van der Waals surface area contributed by atoms with Gasteiger partial charge in [-0.3, -0.25) is 0 Å². The number of ether oxygens (including phenoxy) is 1. The Morgan fingerprint density at radius 1 is 1.50 bits per heavy atom. The third-order valence-electron chi connectivity index (χ3n) is 4.14. The second kappa shape index (κ2) is 7.72. The van der Waals surface area contributed by atoms with Gasteiger partial charge in [-0.15, -0.1) is 0 Å². The number of nitriles is 1. The van der Waals surface area contributed by atoms with Crippen LogP contribution < -0.4 is 4.74 Å². The van der Waals surface area contributed by atoms with Crippen molar-refractivity contribution in [1.82, 2.24) is 9.29 Å². The van der Waals surface area contributed by atoms with E-state index in [-0.39, 0.29) is 31.7 Å². The first-order valence-electron chi connectivity index (χ1n) is 7.62. The fourth-order valence-corrected chi connectivity index (χ4v) is 6.32. The number of benzene rings is 1. The molecule has 0 bridgehead atoms. The SMILES string of the molecule is N#Cc1ccc(O[C@H]2CN(S(=O)(=O)c3sc(Cl)nc3Cl)C[C@@]2(O)CO)cc1F. The van der Waals surface area contributed by atoms with Crippen molar-refractivity contribution in [3.8, 4) is 11.8 Å². The van der Waals surface area contributed by atoms with Crippen LogP contribution in [0.2, 0.25) is 9.62 Å². The van der Waals surface area contributed by atoms with Crippen LogP contribution in [0.4, 0.5) is 4.39 Å². The van der Waals surface area contributed by atoms with Crippen LogP contribution in [0, 0.1) is 17.1 Å². The van der Waals surface area contributed by atoms with Crippen molar-refractivity contribution in [2.45, 2.75) is 15.9 Å². The number of thiazole rings is 1. The molecular formula is C15H12Cl2FN3O5S2. The Balaban J connectivity index is 1.88. The minimum absolute atomic E-state index is 0.0357. The number of aliphatic hydroxyl groups excluding tert-OH is 1. The topological polar surface area (TPSA) is 124 Å². The second-order valence-electron chi connectivity index (χ2n) is 5.96. The van der Waals surface area contributed by atoms with Crippen LogP contribution in [0.25, 0.3) is 0 Å². The molecule has 0 unspecified atom stereocenters. The molecule has 28 heavy (non-hydrogen) atoms. The van der Waals surface area contributed by atoms with E-state index in [1.165, 1.54) is 12.1 Å². The Bertz CT molecular complexity index is 1060. The number of sulfonamides is 1. The van der Waals surface area contributed by atoms with Gasteiger partial charge in [0.1, 0.15) is 29.3 Å². The summed E-state index contributed by atoms with van der Waals surface area (Å²) in [6.45, 7) is -1.63. The van der Waals surface area contributed by atoms with Gasteiger partial charge < -0.3 is 14.9 Å². The lowest BCUT2D eigenvalue weighted by atomic mass is 10.0. The van der Waals surface area contributed by atoms with Crippen molar-refractivity contribution >= 4 is 44.6 Å². The third-order valence-corrected chi connectivity index (χ3v) is 8.09. The summed E-state index contributed by atoms with van der Waals surface area (Å²) in [6.07, 6.45) is -1.21. The summed E-state index contributed by atoms with van der Waals surface area (Å²) in [5.74, 6) is -0.868. The standard InChI is InChI=1S/C15H12Cl2FN3O5S2/c16-12-13(27-14(17)20-12)28(24,25)21-5-11(15(23,6-21)7-22)26-9-2-1-8(4-19)10(18)3-9/h1-3,11,22-23H,5-7H2/t11-,15+/m0/s1. The predicted octanol–water partition coefficient (Wildman–Crippen LogP) is 1.64. The highest BCUT2D eigenvalue weighted by molar-refractivity contribution is 7.91. The molecule has 1 fully saturated rings. The zero-order chi connectivity index (χ0) is 20.7. The lowest BCUT2D eigenvalue weighted by molar-refractivity contribution is -0.0641. The van der Waals surface area contributed by atoms with E-state index in [0.29, 0.717) is 11.3 Å². The monoisotopic (exact) mass is 467 g/mol. The van der Waals surface area contributed by atoms with E-state index < -0.39 is 40.7 Å². The summed E-state index contributed by atoms with van der Waals surface area (Å²) in [5.41, 5.74) is -2.14. The van der Waals surface area contributed by atoms with E-state index in [2.05, 4.69) is 4.98 Å². The minimum atomic E-state index is -4.17. The number of aromatic nitrogens is 1. The molecule has 0 saturated carbocycles. The summed E-state index contributed by atoms with van der Waals surface area (Å²) in [5, 5.41) is 28.7. The van der Waals surface area contributed by atoms with Gasteiger partial charge in [-0.25, -0.2) is 17.8 Å². The number of hydrogen-bond acceptors (Lipinski definition) is 8. The average Bonchev–Trinajstić information content (AvgIpc) is 3.16. The molecule has 0 amide bonds. The molecule has 2 atom stereocenters. The quantitative estimate of drug-likeness (QED) is 0.684. The van der Waals surface area contributed by atoms with Crippen molar-refractivity contribution in [3.63, 3.8) is 0 Å². The van der Waals surface area contributed by atoms with Crippen molar-refractivity contribution in [3.05, 3.63) is 39.2 Å². The zero-order valence-corrected chi connectivity index (χ0v) is 17.0. The highest BCUT2D eigenvalue weighted by Gasteiger charge is 2.51. The van der Waals surface area contributed by atoms with E-state index in [0.717, 1.165) is 10.4 Å². The largest absolute Gasteiger partial charge is 0.486 e. The summed E-state index contributed by atoms with van der Waals surface area (Å²) in [4.78, 5) is 3.65. The molecule has 1 aliphatic rings. The van der Waals surface area contributed by atoms with Crippen molar-refractivity contribution in [2.24, 2.45) is 0 Å². The summed E-state index contributed by atoms with van der Waals surface area (Å²) >= 11 is 12.2. The Labute approximate surface area is 173 Å². The normalized spacial score (nSPS) is 22.9. The third kappa shape index (κ3) is 3.81. The second-order valence-corrected chi connectivity index (χ2v) is 10.0. The van der Waals surface area contributed by atoms with Gasteiger partial charge in [0.15, 0.2) is 13.8 Å². The van der Waals surface area contributed by atoms with Gasteiger partial charge in [0, 0.05) is 12.6 Å². The summed E-state index contributed by atoms with van der Waals surface area (Å²) in [7, 11) is -4.17. The number of hydrogen-bond donors (Lipinski definition) is 2. The highest BCUT2D eigenvalue weighted by atomic mass is 35.5. The lowest BCUT2D eigenvalue weighted by Crippen LogP contribution is -2.48. The molecule has 3 rings (SSSR count). The van der Waals surface area contributed by atoms with Crippen LogP contribution in [0.15, 0.2) is 22.4 Å². The Hall–Kier alpha value is -1.52. The first-order chi connectivity index (χ1) is 13.1.